The molecule has 1 aliphatic carbocycles. The van der Waals surface area contributed by atoms with E-state index in [4.69, 9.17) is 0 Å². The van der Waals surface area contributed by atoms with Crippen molar-refractivity contribution in [3.05, 3.63) is 35.4 Å². The van der Waals surface area contributed by atoms with Crippen molar-refractivity contribution in [2.24, 2.45) is 11.8 Å². The van der Waals surface area contributed by atoms with Crippen LogP contribution < -0.4 is 29.6 Å². The van der Waals surface area contributed by atoms with Gasteiger partial charge in [-0.3, -0.25) is 14.4 Å². The SMILES string of the molecule is CC(C)CC(=O)C1C(=O)c2ccccc2C1=O.[H-].[Na+]. The molecule has 3 nitrogen and oxygen atoms in total. The average Bonchev–Trinajstić information content (AvgIpc) is 2.51. The fourth-order valence-corrected chi connectivity index (χ4v) is 2.16. The molecule has 0 saturated heterocycles. The summed E-state index contributed by atoms with van der Waals surface area (Å²) < 4.78 is 0. The summed E-state index contributed by atoms with van der Waals surface area (Å²) in [7, 11) is 0. The Balaban J connectivity index is 0.00000162. The maximum absolute atomic E-state index is 12.0. The van der Waals surface area contributed by atoms with Gasteiger partial charge in [-0.2, -0.15) is 0 Å². The van der Waals surface area contributed by atoms with Crippen molar-refractivity contribution in [3.63, 3.8) is 0 Å². The minimum absolute atomic E-state index is 0. The Morgan fingerprint density at radius 3 is 2.00 bits per heavy atom. The van der Waals surface area contributed by atoms with Crippen LogP contribution in [0.3, 0.4) is 0 Å². The number of ketones is 3. The van der Waals surface area contributed by atoms with Crippen LogP contribution in [0.15, 0.2) is 24.3 Å². The molecule has 0 bridgehead atoms. The molecule has 0 amide bonds. The standard InChI is InChI=1S/C14H14O3.Na.H/c1-8(2)7-11(15)12-13(16)9-5-3-4-6-10(9)14(12)17;;/h3-6,8,12H,7H2,1-2H3;;/q;+1;-1. The molecule has 0 radical (unpaired) electrons. The minimum atomic E-state index is -1.09. The predicted molar refractivity (Wildman–Crippen MR) is 64.2 cm³/mol. The summed E-state index contributed by atoms with van der Waals surface area (Å²) in [5.74, 6) is -1.86. The molecule has 0 saturated carbocycles. The molecule has 90 valence electrons. The predicted octanol–water partition coefficient (Wildman–Crippen LogP) is -0.587. The second-order valence-corrected chi connectivity index (χ2v) is 4.77. The average molecular weight is 254 g/mol. The molecule has 1 aromatic rings. The zero-order chi connectivity index (χ0) is 12.6. The molecule has 2 rings (SSSR count). The van der Waals surface area contributed by atoms with Crippen LogP contribution in [0.5, 0.6) is 0 Å². The summed E-state index contributed by atoms with van der Waals surface area (Å²) in [5, 5.41) is 0. The van der Waals surface area contributed by atoms with Gasteiger partial charge in [-0.05, 0) is 5.92 Å². The van der Waals surface area contributed by atoms with Crippen LogP contribution in [0.2, 0.25) is 0 Å². The Morgan fingerprint density at radius 2 is 1.61 bits per heavy atom. The molecular weight excluding hydrogens is 239 g/mol. The van der Waals surface area contributed by atoms with E-state index in [1.54, 1.807) is 24.3 Å². The Bertz CT molecular complexity index is 476. The molecule has 0 atom stereocenters. The molecule has 0 spiro atoms. The van der Waals surface area contributed by atoms with Crippen LogP contribution in [0, 0.1) is 11.8 Å². The summed E-state index contributed by atoms with van der Waals surface area (Å²) >= 11 is 0. The van der Waals surface area contributed by atoms with E-state index < -0.39 is 5.92 Å². The fourth-order valence-electron chi connectivity index (χ4n) is 2.16. The second-order valence-electron chi connectivity index (χ2n) is 4.77. The van der Waals surface area contributed by atoms with Crippen molar-refractivity contribution in [1.29, 1.82) is 0 Å². The monoisotopic (exact) mass is 254 g/mol. The molecule has 0 heterocycles. The van der Waals surface area contributed by atoms with E-state index in [1.165, 1.54) is 0 Å². The molecule has 0 N–H and O–H groups in total. The van der Waals surface area contributed by atoms with Crippen molar-refractivity contribution < 1.29 is 45.4 Å². The molecule has 4 heteroatoms. The quantitative estimate of drug-likeness (QED) is 0.535. The smallest absolute Gasteiger partial charge is 1.00 e. The molecule has 1 aliphatic rings. The summed E-state index contributed by atoms with van der Waals surface area (Å²) in [5.41, 5.74) is 0.777. The Kier molecular flexibility index (Phi) is 5.02. The van der Waals surface area contributed by atoms with Gasteiger partial charge in [0.25, 0.3) is 0 Å². The van der Waals surface area contributed by atoms with Gasteiger partial charge >= 0.3 is 29.6 Å². The zero-order valence-electron chi connectivity index (χ0n) is 11.9. The molecule has 18 heavy (non-hydrogen) atoms. The number of fused-ring (bicyclic) bond motifs is 1. The number of rotatable bonds is 3. The topological polar surface area (TPSA) is 51.2 Å². The van der Waals surface area contributed by atoms with Gasteiger partial charge in [0, 0.05) is 17.5 Å². The second kappa shape index (κ2) is 5.91. The third-order valence-corrected chi connectivity index (χ3v) is 2.91. The van der Waals surface area contributed by atoms with Gasteiger partial charge in [-0.25, -0.2) is 0 Å². The number of carbonyl (C=O) groups excluding carboxylic acids is 3. The van der Waals surface area contributed by atoms with Crippen LogP contribution in [-0.4, -0.2) is 17.3 Å². The number of hydrogen-bond acceptors (Lipinski definition) is 3. The maximum atomic E-state index is 12.0. The normalized spacial score (nSPS) is 14.6. The van der Waals surface area contributed by atoms with E-state index in [1.807, 2.05) is 13.8 Å². The molecular formula is C14H15NaO3. The Hall–Kier alpha value is -0.770. The molecule has 0 unspecified atom stereocenters. The van der Waals surface area contributed by atoms with Crippen molar-refractivity contribution in [2.45, 2.75) is 20.3 Å². The third kappa shape index (κ3) is 2.63. The van der Waals surface area contributed by atoms with E-state index in [0.29, 0.717) is 11.1 Å². The number of hydrogen-bond donors (Lipinski definition) is 0. The van der Waals surface area contributed by atoms with Gasteiger partial charge in [0.15, 0.2) is 17.3 Å². The first kappa shape index (κ1) is 15.3. The van der Waals surface area contributed by atoms with Crippen molar-refractivity contribution >= 4 is 17.3 Å². The van der Waals surface area contributed by atoms with Gasteiger partial charge in [-0.1, -0.05) is 38.1 Å². The van der Waals surface area contributed by atoms with Gasteiger partial charge in [0.2, 0.25) is 0 Å². The summed E-state index contributed by atoms with van der Waals surface area (Å²) in [6, 6.07) is 6.63. The Morgan fingerprint density at radius 1 is 1.17 bits per heavy atom. The van der Waals surface area contributed by atoms with Crippen molar-refractivity contribution in [3.8, 4) is 0 Å². The van der Waals surface area contributed by atoms with Crippen LogP contribution in [-0.2, 0) is 4.79 Å². The number of Topliss-reactive ketones (excluding diaryl/α,β-unsaturated/α-hetero) is 3. The first-order chi connectivity index (χ1) is 8.02. The van der Waals surface area contributed by atoms with Crippen molar-refractivity contribution in [1.82, 2.24) is 0 Å². The number of benzene rings is 1. The summed E-state index contributed by atoms with van der Waals surface area (Å²) in [4.78, 5) is 35.9. The van der Waals surface area contributed by atoms with E-state index in [2.05, 4.69) is 0 Å². The molecule has 0 aromatic heterocycles. The van der Waals surface area contributed by atoms with E-state index in [0.717, 1.165) is 0 Å². The van der Waals surface area contributed by atoms with Crippen LogP contribution in [0.1, 0.15) is 42.4 Å². The van der Waals surface area contributed by atoms with Gasteiger partial charge < -0.3 is 1.43 Å². The van der Waals surface area contributed by atoms with E-state index >= 15 is 0 Å². The van der Waals surface area contributed by atoms with E-state index in [9.17, 15) is 14.4 Å². The largest absolute Gasteiger partial charge is 1.00 e. The van der Waals surface area contributed by atoms with E-state index in [-0.39, 0.29) is 60.7 Å². The minimum Gasteiger partial charge on any atom is -1.00 e. The first-order valence-electron chi connectivity index (χ1n) is 5.72. The van der Waals surface area contributed by atoms with Crippen LogP contribution in [0.4, 0.5) is 0 Å². The summed E-state index contributed by atoms with van der Waals surface area (Å²) in [6.07, 6.45) is 0.274. The zero-order valence-corrected chi connectivity index (χ0v) is 12.9. The van der Waals surface area contributed by atoms with Gasteiger partial charge in [-0.15, -0.1) is 0 Å². The molecule has 0 fully saturated rings. The third-order valence-electron chi connectivity index (χ3n) is 2.91. The van der Waals surface area contributed by atoms with Gasteiger partial charge in [0.05, 0.1) is 0 Å². The van der Waals surface area contributed by atoms with Crippen LogP contribution in [0.25, 0.3) is 0 Å². The van der Waals surface area contributed by atoms with Crippen molar-refractivity contribution in [2.75, 3.05) is 0 Å². The van der Waals surface area contributed by atoms with Crippen LogP contribution >= 0.6 is 0 Å². The fraction of sp³-hybridized carbons (Fsp3) is 0.357. The Labute approximate surface area is 130 Å². The molecule has 1 aromatic carbocycles. The molecule has 0 aliphatic heterocycles. The first-order valence-corrected chi connectivity index (χ1v) is 5.72. The van der Waals surface area contributed by atoms with Gasteiger partial charge in [0.1, 0.15) is 5.92 Å². The summed E-state index contributed by atoms with van der Waals surface area (Å²) in [6.45, 7) is 3.80. The maximum Gasteiger partial charge on any atom is 1.00 e. The number of carbonyl (C=O) groups is 3.